The summed E-state index contributed by atoms with van der Waals surface area (Å²) in [6, 6.07) is 33.5. The van der Waals surface area contributed by atoms with Crippen molar-refractivity contribution in [3.8, 4) is 17.2 Å². The first kappa shape index (κ1) is 22.7. The van der Waals surface area contributed by atoms with E-state index >= 15 is 0 Å². The van der Waals surface area contributed by atoms with Gasteiger partial charge in [0.05, 0.1) is 16.7 Å². The van der Waals surface area contributed by atoms with Crippen LogP contribution >= 0.6 is 0 Å². The van der Waals surface area contributed by atoms with E-state index in [-0.39, 0.29) is 0 Å². The monoisotopic (exact) mass is 519 g/mol. The molecule has 0 saturated heterocycles. The van der Waals surface area contributed by atoms with Crippen LogP contribution in [0.1, 0.15) is 25.3 Å². The van der Waals surface area contributed by atoms with E-state index in [9.17, 15) is 0 Å². The fraction of sp³-hybridized carbons (Fsp3) is 0.0882. The van der Waals surface area contributed by atoms with Crippen LogP contribution in [-0.2, 0) is 0 Å². The molecule has 8 rings (SSSR count). The van der Waals surface area contributed by atoms with Gasteiger partial charge in [0.25, 0.3) is 0 Å². The molecule has 40 heavy (non-hydrogen) atoms. The third kappa shape index (κ3) is 3.39. The molecule has 0 saturated carbocycles. The minimum atomic E-state index is 0.321. The molecule has 0 aliphatic heterocycles. The Morgan fingerprint density at radius 3 is 2.25 bits per heavy atom. The van der Waals surface area contributed by atoms with Gasteiger partial charge in [-0.05, 0) is 71.5 Å². The van der Waals surface area contributed by atoms with Crippen LogP contribution in [0, 0.1) is 0 Å². The zero-order valence-corrected chi connectivity index (χ0v) is 22.1. The molecule has 0 N–H and O–H groups in total. The molecule has 6 heteroatoms. The smallest absolute Gasteiger partial charge is 0.163 e. The summed E-state index contributed by atoms with van der Waals surface area (Å²) in [7, 11) is 0. The maximum absolute atomic E-state index is 6.59. The second-order valence-corrected chi connectivity index (χ2v) is 10.5. The summed E-state index contributed by atoms with van der Waals surface area (Å²) in [6.45, 7) is 4.41. The van der Waals surface area contributed by atoms with Gasteiger partial charge in [0, 0.05) is 33.8 Å². The van der Waals surface area contributed by atoms with Crippen LogP contribution in [0.25, 0.3) is 54.9 Å². The van der Waals surface area contributed by atoms with Gasteiger partial charge in [0.15, 0.2) is 5.65 Å². The molecule has 0 spiro atoms. The van der Waals surface area contributed by atoms with Crippen LogP contribution in [0.2, 0.25) is 0 Å². The third-order valence-corrected chi connectivity index (χ3v) is 7.71. The van der Waals surface area contributed by atoms with Crippen molar-refractivity contribution in [2.45, 2.75) is 19.8 Å². The van der Waals surface area contributed by atoms with Crippen molar-refractivity contribution in [1.82, 2.24) is 24.1 Å². The highest BCUT2D eigenvalue weighted by Gasteiger charge is 2.16. The molecular formula is C34H25N5O. The summed E-state index contributed by atoms with van der Waals surface area (Å²) >= 11 is 0. The minimum Gasteiger partial charge on any atom is -0.457 e. The Balaban J connectivity index is 1.31. The largest absolute Gasteiger partial charge is 0.457 e. The number of hydrogen-bond donors (Lipinski definition) is 0. The lowest BCUT2D eigenvalue weighted by atomic mass is 10.0. The van der Waals surface area contributed by atoms with Gasteiger partial charge in [-0.2, -0.15) is 5.10 Å². The molecular weight excluding hydrogens is 494 g/mol. The van der Waals surface area contributed by atoms with Gasteiger partial charge < -0.3 is 4.74 Å². The van der Waals surface area contributed by atoms with Crippen molar-refractivity contribution in [3.63, 3.8) is 0 Å². The summed E-state index contributed by atoms with van der Waals surface area (Å²) in [5.74, 6) is 1.85. The van der Waals surface area contributed by atoms with Crippen molar-refractivity contribution >= 4 is 49.3 Å². The molecule has 8 aromatic rings. The number of benzene rings is 4. The molecule has 0 unspecified atom stereocenters. The number of fused-ring (bicyclic) bond motifs is 9. The summed E-state index contributed by atoms with van der Waals surface area (Å²) in [6.07, 6.45) is 3.46. The lowest BCUT2D eigenvalue weighted by molar-refractivity contribution is 0.482. The molecule has 0 radical (unpaired) electrons. The Morgan fingerprint density at radius 2 is 1.40 bits per heavy atom. The van der Waals surface area contributed by atoms with Gasteiger partial charge in [-0.1, -0.05) is 50.2 Å². The molecule has 4 aromatic heterocycles. The summed E-state index contributed by atoms with van der Waals surface area (Å²) < 4.78 is 10.7. The molecule has 0 aliphatic rings. The number of aromatic nitrogens is 5. The highest BCUT2D eigenvalue weighted by molar-refractivity contribution is 6.12. The van der Waals surface area contributed by atoms with E-state index in [1.807, 2.05) is 28.9 Å². The van der Waals surface area contributed by atoms with E-state index in [1.54, 1.807) is 6.33 Å². The third-order valence-electron chi connectivity index (χ3n) is 7.71. The summed E-state index contributed by atoms with van der Waals surface area (Å²) in [5.41, 5.74) is 6.12. The quantitative estimate of drug-likeness (QED) is 0.219. The first-order valence-electron chi connectivity index (χ1n) is 13.5. The second-order valence-electron chi connectivity index (χ2n) is 10.5. The van der Waals surface area contributed by atoms with Crippen LogP contribution in [0.3, 0.4) is 0 Å². The minimum absolute atomic E-state index is 0.321. The number of para-hydroxylation sites is 2. The average Bonchev–Trinajstić information content (AvgIpc) is 3.61. The molecule has 0 fully saturated rings. The van der Waals surface area contributed by atoms with Gasteiger partial charge in [-0.15, -0.1) is 0 Å². The van der Waals surface area contributed by atoms with Gasteiger partial charge in [0.1, 0.15) is 23.5 Å². The maximum Gasteiger partial charge on any atom is 0.163 e. The fourth-order valence-electron chi connectivity index (χ4n) is 5.81. The Labute approximate surface area is 230 Å². The molecule has 4 heterocycles. The predicted octanol–water partition coefficient (Wildman–Crippen LogP) is 8.44. The van der Waals surface area contributed by atoms with E-state index in [1.165, 1.54) is 10.9 Å². The predicted molar refractivity (Wildman–Crippen MR) is 161 cm³/mol. The molecule has 0 bridgehead atoms. The maximum atomic E-state index is 6.59. The van der Waals surface area contributed by atoms with Gasteiger partial charge in [-0.3, -0.25) is 4.57 Å². The van der Waals surface area contributed by atoms with Crippen LogP contribution in [-0.4, -0.2) is 24.1 Å². The Morgan fingerprint density at radius 1 is 0.625 bits per heavy atom. The van der Waals surface area contributed by atoms with Crippen molar-refractivity contribution in [1.29, 1.82) is 0 Å². The molecule has 192 valence electrons. The van der Waals surface area contributed by atoms with E-state index in [4.69, 9.17) is 9.72 Å². The lowest BCUT2D eigenvalue weighted by Crippen LogP contribution is -1.99. The first-order chi connectivity index (χ1) is 19.7. The highest BCUT2D eigenvalue weighted by atomic mass is 16.5. The summed E-state index contributed by atoms with van der Waals surface area (Å²) in [5, 5.41) is 10.1. The molecule has 4 aromatic carbocycles. The zero-order chi connectivity index (χ0) is 26.8. The number of hydrogen-bond acceptors (Lipinski definition) is 4. The number of rotatable bonds is 4. The van der Waals surface area contributed by atoms with E-state index < -0.39 is 0 Å². The normalized spacial score (nSPS) is 12.0. The SMILES string of the molecule is CC(C)c1cc(Oc2ccc3c4ccccc4n4ncnc4c3c2)cc(-n2c3ccccc3c3cccnc32)c1. The van der Waals surface area contributed by atoms with E-state index in [0.717, 1.165) is 61.1 Å². The highest BCUT2D eigenvalue weighted by Crippen LogP contribution is 2.36. The number of nitrogens with zero attached hydrogens (tertiary/aromatic N) is 5. The standard InChI is InChI=1S/C34H25N5O/c1-21(2)22-16-23(38-31-11-5-3-9-28(31)29-10-7-15-35-33(29)38)18-25(17-22)40-24-13-14-26-27-8-4-6-12-32(27)39-34(30(26)19-24)36-20-37-39/h3-21H,1-2H3. The molecule has 0 atom stereocenters. The first-order valence-corrected chi connectivity index (χ1v) is 13.5. The fourth-order valence-corrected chi connectivity index (χ4v) is 5.81. The van der Waals surface area contributed by atoms with Crippen LogP contribution < -0.4 is 4.74 Å². The summed E-state index contributed by atoms with van der Waals surface area (Å²) in [4.78, 5) is 9.35. The van der Waals surface area contributed by atoms with Gasteiger partial charge >= 0.3 is 0 Å². The number of ether oxygens (including phenoxy) is 1. The second kappa shape index (κ2) is 8.64. The topological polar surface area (TPSA) is 57.2 Å². The molecule has 0 amide bonds. The Kier molecular flexibility index (Phi) is 4.91. The van der Waals surface area contributed by atoms with E-state index in [0.29, 0.717) is 5.92 Å². The lowest BCUT2D eigenvalue weighted by Gasteiger charge is -2.15. The Hall–Kier alpha value is -5.23. The van der Waals surface area contributed by atoms with Crippen molar-refractivity contribution < 1.29 is 4.74 Å². The van der Waals surface area contributed by atoms with Crippen LogP contribution in [0.5, 0.6) is 11.5 Å². The molecule has 6 nitrogen and oxygen atoms in total. The van der Waals surface area contributed by atoms with Crippen molar-refractivity contribution in [2.24, 2.45) is 0 Å². The molecule has 0 aliphatic carbocycles. The van der Waals surface area contributed by atoms with Gasteiger partial charge in [0.2, 0.25) is 0 Å². The van der Waals surface area contributed by atoms with Crippen LogP contribution in [0.4, 0.5) is 0 Å². The Bertz CT molecular complexity index is 2190. The van der Waals surface area contributed by atoms with E-state index in [2.05, 4.69) is 107 Å². The number of pyridine rings is 2. The zero-order valence-electron chi connectivity index (χ0n) is 22.1. The average molecular weight is 520 g/mol. The van der Waals surface area contributed by atoms with Gasteiger partial charge in [-0.25, -0.2) is 14.5 Å². The van der Waals surface area contributed by atoms with Crippen molar-refractivity contribution in [3.05, 3.63) is 115 Å². The van der Waals surface area contributed by atoms with Crippen molar-refractivity contribution in [2.75, 3.05) is 0 Å². The van der Waals surface area contributed by atoms with Crippen LogP contribution in [0.15, 0.2) is 110 Å².